The van der Waals surface area contributed by atoms with Gasteiger partial charge < -0.3 is 10.3 Å². The van der Waals surface area contributed by atoms with Gasteiger partial charge in [-0.05, 0) is 55.0 Å². The Balaban J connectivity index is 1.42. The number of H-pyrrole nitrogens is 2. The summed E-state index contributed by atoms with van der Waals surface area (Å²) < 4.78 is 14.1. The van der Waals surface area contributed by atoms with Gasteiger partial charge in [0.1, 0.15) is 11.5 Å². The zero-order valence-electron chi connectivity index (χ0n) is 21.0. The average Bonchev–Trinajstić information content (AvgIpc) is 3.51. The molecule has 0 aliphatic carbocycles. The van der Waals surface area contributed by atoms with Crippen LogP contribution in [0.15, 0.2) is 67.3 Å². The first kappa shape index (κ1) is 23.5. The van der Waals surface area contributed by atoms with Crippen LogP contribution in [-0.4, -0.2) is 36.0 Å². The molecule has 0 unspecified atom stereocenters. The van der Waals surface area contributed by atoms with E-state index in [-0.39, 0.29) is 17.6 Å². The van der Waals surface area contributed by atoms with Crippen molar-refractivity contribution in [2.45, 2.75) is 20.8 Å². The summed E-state index contributed by atoms with van der Waals surface area (Å²) in [5.41, 5.74) is 7.49. The number of carbonyl (C=O) groups excluding carboxylic acids is 1. The fraction of sp³-hybridized carbons (Fsp3) is 0.138. The van der Waals surface area contributed by atoms with Crippen molar-refractivity contribution in [2.75, 3.05) is 5.32 Å². The Kier molecular flexibility index (Phi) is 5.68. The summed E-state index contributed by atoms with van der Waals surface area (Å²) >= 11 is 0. The van der Waals surface area contributed by atoms with E-state index in [9.17, 15) is 9.18 Å². The Labute approximate surface area is 217 Å². The number of hydrogen-bond donors (Lipinski definition) is 3. The molecule has 9 heteroatoms. The number of pyridine rings is 3. The van der Waals surface area contributed by atoms with Gasteiger partial charge in [-0.15, -0.1) is 0 Å². The van der Waals surface area contributed by atoms with Crippen molar-refractivity contribution in [1.29, 1.82) is 0 Å². The van der Waals surface area contributed by atoms with E-state index in [1.807, 2.05) is 51.1 Å². The molecule has 0 atom stereocenters. The van der Waals surface area contributed by atoms with Crippen molar-refractivity contribution in [3.63, 3.8) is 0 Å². The van der Waals surface area contributed by atoms with Gasteiger partial charge in [0, 0.05) is 57.5 Å². The van der Waals surface area contributed by atoms with Gasteiger partial charge in [-0.2, -0.15) is 5.10 Å². The van der Waals surface area contributed by atoms with Crippen LogP contribution in [-0.2, 0) is 4.79 Å². The molecule has 6 aromatic rings. The Morgan fingerprint density at radius 2 is 1.76 bits per heavy atom. The van der Waals surface area contributed by atoms with E-state index in [0.29, 0.717) is 28.3 Å². The monoisotopic (exact) mass is 505 g/mol. The number of nitrogens with zero attached hydrogens (tertiary/aromatic N) is 4. The summed E-state index contributed by atoms with van der Waals surface area (Å²) in [6.07, 6.45) is 6.80. The van der Waals surface area contributed by atoms with Gasteiger partial charge >= 0.3 is 0 Å². The molecule has 0 fully saturated rings. The van der Waals surface area contributed by atoms with Crippen molar-refractivity contribution in [3.05, 3.63) is 78.6 Å². The quantitative estimate of drug-likeness (QED) is 0.256. The van der Waals surface area contributed by atoms with Gasteiger partial charge in [0.05, 0.1) is 23.3 Å². The number of rotatable bonds is 5. The Hall–Kier alpha value is -4.92. The third kappa shape index (κ3) is 4.28. The molecule has 0 aliphatic heterocycles. The van der Waals surface area contributed by atoms with Gasteiger partial charge in [-0.3, -0.25) is 19.9 Å². The lowest BCUT2D eigenvalue weighted by atomic mass is 10.0. The van der Waals surface area contributed by atoms with Crippen molar-refractivity contribution in [2.24, 2.45) is 5.92 Å². The van der Waals surface area contributed by atoms with E-state index >= 15 is 0 Å². The predicted molar refractivity (Wildman–Crippen MR) is 146 cm³/mol. The maximum Gasteiger partial charge on any atom is 0.226 e. The predicted octanol–water partition coefficient (Wildman–Crippen LogP) is 6.27. The number of halogens is 1. The molecule has 38 heavy (non-hydrogen) atoms. The Morgan fingerprint density at radius 3 is 2.58 bits per heavy atom. The van der Waals surface area contributed by atoms with Crippen LogP contribution in [0.5, 0.6) is 0 Å². The van der Waals surface area contributed by atoms with Gasteiger partial charge in [-0.1, -0.05) is 13.8 Å². The molecule has 0 saturated heterocycles. The van der Waals surface area contributed by atoms with Crippen LogP contribution in [0.4, 0.5) is 10.1 Å². The third-order valence-corrected chi connectivity index (χ3v) is 6.40. The summed E-state index contributed by atoms with van der Waals surface area (Å²) in [5.74, 6) is -0.508. The SMILES string of the molecule is Cc1cc(F)cc(-c2nccc3[nH]c(-c4n[nH]c5ncc(-c6cncc(NC(=O)C(C)C)c6)cc45)cc23)c1. The summed E-state index contributed by atoms with van der Waals surface area (Å²) in [7, 11) is 0. The van der Waals surface area contributed by atoms with Crippen molar-refractivity contribution in [3.8, 4) is 33.8 Å². The van der Waals surface area contributed by atoms with Crippen LogP contribution in [0.2, 0.25) is 0 Å². The van der Waals surface area contributed by atoms with Crippen molar-refractivity contribution in [1.82, 2.24) is 30.1 Å². The molecular formula is C29H24FN7O. The molecular weight excluding hydrogens is 481 g/mol. The number of anilines is 1. The number of benzene rings is 1. The lowest BCUT2D eigenvalue weighted by molar-refractivity contribution is -0.118. The van der Waals surface area contributed by atoms with Crippen LogP contribution in [0, 0.1) is 18.7 Å². The molecule has 0 aliphatic rings. The van der Waals surface area contributed by atoms with Crippen molar-refractivity contribution < 1.29 is 9.18 Å². The molecule has 0 bridgehead atoms. The zero-order valence-corrected chi connectivity index (χ0v) is 21.0. The van der Waals surface area contributed by atoms with E-state index in [1.54, 1.807) is 24.8 Å². The standard InChI is InChI=1S/C29H24FN7O/c1-15(2)29(38)34-21-9-18(12-31-14-21)19-10-23-27(36-37-28(23)33-13-19)25-11-22-24(35-25)4-5-32-26(22)17-6-16(3)7-20(30)8-17/h4-15,35H,1-3H3,(H,34,38)(H,33,36,37). The second-order valence-corrected chi connectivity index (χ2v) is 9.62. The fourth-order valence-electron chi connectivity index (χ4n) is 4.50. The lowest BCUT2D eigenvalue weighted by Crippen LogP contribution is -2.17. The van der Waals surface area contributed by atoms with Crippen LogP contribution >= 0.6 is 0 Å². The number of hydrogen-bond acceptors (Lipinski definition) is 5. The van der Waals surface area contributed by atoms with E-state index in [2.05, 4.69) is 35.5 Å². The molecule has 1 aromatic carbocycles. The van der Waals surface area contributed by atoms with E-state index in [1.165, 1.54) is 12.1 Å². The van der Waals surface area contributed by atoms with Crippen LogP contribution in [0.25, 0.3) is 55.7 Å². The van der Waals surface area contributed by atoms with Gasteiger partial charge in [0.25, 0.3) is 0 Å². The van der Waals surface area contributed by atoms with Gasteiger partial charge in [-0.25, -0.2) is 9.37 Å². The largest absolute Gasteiger partial charge is 0.353 e. The summed E-state index contributed by atoms with van der Waals surface area (Å²) in [4.78, 5) is 29.0. The number of nitrogens with one attached hydrogen (secondary N) is 3. The average molecular weight is 506 g/mol. The Bertz CT molecular complexity index is 1820. The zero-order chi connectivity index (χ0) is 26.4. The van der Waals surface area contributed by atoms with Crippen LogP contribution < -0.4 is 5.32 Å². The minimum atomic E-state index is -0.297. The van der Waals surface area contributed by atoms with Crippen LogP contribution in [0.3, 0.4) is 0 Å². The van der Waals surface area contributed by atoms with Gasteiger partial charge in [0.2, 0.25) is 5.91 Å². The highest BCUT2D eigenvalue weighted by Crippen LogP contribution is 2.34. The molecule has 5 heterocycles. The first-order valence-corrected chi connectivity index (χ1v) is 12.2. The topological polar surface area (TPSA) is 112 Å². The number of amides is 1. The minimum absolute atomic E-state index is 0.0734. The van der Waals surface area contributed by atoms with Crippen molar-refractivity contribution >= 4 is 33.5 Å². The summed E-state index contributed by atoms with van der Waals surface area (Å²) in [6.45, 7) is 5.54. The lowest BCUT2D eigenvalue weighted by Gasteiger charge is -2.09. The van der Waals surface area contributed by atoms with E-state index in [0.717, 1.165) is 38.7 Å². The molecule has 6 rings (SSSR count). The maximum absolute atomic E-state index is 14.1. The summed E-state index contributed by atoms with van der Waals surface area (Å²) in [6, 6.07) is 12.6. The van der Waals surface area contributed by atoms with Crippen LogP contribution in [0.1, 0.15) is 19.4 Å². The molecule has 0 saturated carbocycles. The second-order valence-electron chi connectivity index (χ2n) is 9.62. The van der Waals surface area contributed by atoms with Gasteiger partial charge in [0.15, 0.2) is 5.65 Å². The molecule has 0 radical (unpaired) electrons. The smallest absolute Gasteiger partial charge is 0.226 e. The molecule has 8 nitrogen and oxygen atoms in total. The normalized spacial score (nSPS) is 11.5. The van der Waals surface area contributed by atoms with E-state index in [4.69, 9.17) is 0 Å². The fourth-order valence-corrected chi connectivity index (χ4v) is 4.50. The molecule has 3 N–H and O–H groups in total. The number of aryl methyl sites for hydroxylation is 1. The molecule has 5 aromatic heterocycles. The highest BCUT2D eigenvalue weighted by molar-refractivity contribution is 6.00. The number of aromatic amines is 2. The minimum Gasteiger partial charge on any atom is -0.353 e. The second kappa shape index (κ2) is 9.19. The third-order valence-electron chi connectivity index (χ3n) is 6.40. The first-order valence-electron chi connectivity index (χ1n) is 12.2. The first-order chi connectivity index (χ1) is 18.4. The number of aromatic nitrogens is 6. The number of carbonyl (C=O) groups is 1. The Morgan fingerprint density at radius 1 is 0.921 bits per heavy atom. The molecule has 188 valence electrons. The maximum atomic E-state index is 14.1. The summed E-state index contributed by atoms with van der Waals surface area (Å²) in [5, 5.41) is 12.1. The molecule has 1 amide bonds. The highest BCUT2D eigenvalue weighted by atomic mass is 19.1. The molecule has 0 spiro atoms. The number of fused-ring (bicyclic) bond motifs is 2. The van der Waals surface area contributed by atoms with E-state index < -0.39 is 0 Å². The highest BCUT2D eigenvalue weighted by Gasteiger charge is 2.16.